The van der Waals surface area contributed by atoms with E-state index in [4.69, 9.17) is 0 Å². The molecule has 2 aromatic rings. The molecule has 25 heavy (non-hydrogen) atoms. The number of carbonyl (C=O) groups is 1. The topological polar surface area (TPSA) is 58.1 Å². The summed E-state index contributed by atoms with van der Waals surface area (Å²) in [5, 5.41) is 10.7. The molecule has 1 amide bonds. The van der Waals surface area contributed by atoms with E-state index in [0.29, 0.717) is 4.34 Å². The third kappa shape index (κ3) is 4.63. The van der Waals surface area contributed by atoms with Crippen molar-refractivity contribution in [1.29, 1.82) is 0 Å². The molecule has 10 heteroatoms. The van der Waals surface area contributed by atoms with Crippen LogP contribution >= 0.6 is 23.1 Å². The summed E-state index contributed by atoms with van der Waals surface area (Å²) < 4.78 is 39.5. The second-order valence-electron chi connectivity index (χ2n) is 5.42. The van der Waals surface area contributed by atoms with Gasteiger partial charge in [0.1, 0.15) is 0 Å². The minimum absolute atomic E-state index is 0.0506. The number of para-hydroxylation sites is 1. The first-order chi connectivity index (χ1) is 11.9. The van der Waals surface area contributed by atoms with Crippen LogP contribution in [0.15, 0.2) is 28.6 Å². The quantitative estimate of drug-likeness (QED) is 0.784. The highest BCUT2D eigenvalue weighted by atomic mass is 32.2. The Morgan fingerprint density at radius 2 is 1.96 bits per heavy atom. The molecule has 5 nitrogen and oxygen atoms in total. The Morgan fingerprint density at radius 3 is 2.68 bits per heavy atom. The number of aromatic nitrogens is 2. The molecule has 0 radical (unpaired) electrons. The zero-order valence-corrected chi connectivity index (χ0v) is 14.7. The van der Waals surface area contributed by atoms with E-state index in [0.717, 1.165) is 43.3 Å². The lowest BCUT2D eigenvalue weighted by atomic mass is 10.2. The highest BCUT2D eigenvalue weighted by Gasteiger charge is 2.33. The van der Waals surface area contributed by atoms with Gasteiger partial charge in [0, 0.05) is 13.1 Å². The highest BCUT2D eigenvalue weighted by molar-refractivity contribution is 8.01. The first-order valence-electron chi connectivity index (χ1n) is 7.61. The molecular formula is C15H15F3N4OS2. The number of hydrogen-bond acceptors (Lipinski definition) is 6. The SMILES string of the molecule is O=C(CSc1nnc(Nc2ccccc2C(F)(F)F)s1)N1CCCC1. The van der Waals surface area contributed by atoms with Gasteiger partial charge in [-0.2, -0.15) is 13.2 Å². The van der Waals surface area contributed by atoms with Gasteiger partial charge in [-0.25, -0.2) is 0 Å². The Kier molecular flexibility index (Phi) is 5.48. The standard InChI is InChI=1S/C15H15F3N4OS2/c16-15(17,18)10-5-1-2-6-11(10)19-13-20-21-14(25-13)24-9-12(23)22-7-3-4-8-22/h1-2,5-6H,3-4,7-9H2,(H,19,20). The molecule has 1 aliphatic heterocycles. The van der Waals surface area contributed by atoms with E-state index in [1.54, 1.807) is 0 Å². The number of rotatable bonds is 5. The number of amides is 1. The van der Waals surface area contributed by atoms with Crippen molar-refractivity contribution in [2.45, 2.75) is 23.4 Å². The maximum atomic E-state index is 13.0. The molecule has 0 unspecified atom stereocenters. The molecule has 1 aromatic carbocycles. The zero-order valence-electron chi connectivity index (χ0n) is 13.0. The fourth-order valence-corrected chi connectivity index (χ4v) is 4.12. The van der Waals surface area contributed by atoms with Crippen LogP contribution in [-0.2, 0) is 11.0 Å². The summed E-state index contributed by atoms with van der Waals surface area (Å²) in [4.78, 5) is 13.8. The molecule has 1 aliphatic rings. The van der Waals surface area contributed by atoms with Gasteiger partial charge >= 0.3 is 6.18 Å². The average Bonchev–Trinajstić information content (AvgIpc) is 3.24. The molecule has 2 heterocycles. The molecule has 3 rings (SSSR count). The van der Waals surface area contributed by atoms with Crippen molar-refractivity contribution in [3.8, 4) is 0 Å². The fourth-order valence-electron chi connectivity index (χ4n) is 2.45. The minimum atomic E-state index is -4.45. The number of thioether (sulfide) groups is 1. The maximum Gasteiger partial charge on any atom is 0.418 e. The summed E-state index contributed by atoms with van der Waals surface area (Å²) in [6.07, 6.45) is -2.39. The van der Waals surface area contributed by atoms with Crippen molar-refractivity contribution in [1.82, 2.24) is 15.1 Å². The number of carbonyl (C=O) groups excluding carboxylic acids is 1. The van der Waals surface area contributed by atoms with Gasteiger partial charge in [-0.1, -0.05) is 35.2 Å². The number of nitrogens with zero attached hydrogens (tertiary/aromatic N) is 3. The molecule has 1 aromatic heterocycles. The average molecular weight is 388 g/mol. The highest BCUT2D eigenvalue weighted by Crippen LogP contribution is 2.37. The van der Waals surface area contributed by atoms with Crippen LogP contribution in [0.2, 0.25) is 0 Å². The predicted octanol–water partition coefficient (Wildman–Crippen LogP) is 4.02. The third-order valence-electron chi connectivity index (χ3n) is 3.66. The van der Waals surface area contributed by atoms with Gasteiger partial charge in [0.2, 0.25) is 11.0 Å². The van der Waals surface area contributed by atoms with Crippen molar-refractivity contribution in [2.75, 3.05) is 24.2 Å². The largest absolute Gasteiger partial charge is 0.418 e. The van der Waals surface area contributed by atoms with Crippen LogP contribution in [-0.4, -0.2) is 39.8 Å². The molecule has 1 N–H and O–H groups in total. The Hall–Kier alpha value is -1.81. The second-order valence-corrected chi connectivity index (χ2v) is 7.62. The lowest BCUT2D eigenvalue weighted by Crippen LogP contribution is -2.29. The Labute approximate surface area is 150 Å². The summed E-state index contributed by atoms with van der Waals surface area (Å²) in [6, 6.07) is 5.20. The van der Waals surface area contributed by atoms with E-state index < -0.39 is 11.7 Å². The summed E-state index contributed by atoms with van der Waals surface area (Å²) in [5.41, 5.74) is -0.834. The van der Waals surface area contributed by atoms with Crippen LogP contribution < -0.4 is 5.32 Å². The molecule has 0 saturated carbocycles. The summed E-state index contributed by atoms with van der Waals surface area (Å²) in [6.45, 7) is 1.58. The van der Waals surface area contributed by atoms with Gasteiger partial charge in [0.25, 0.3) is 0 Å². The molecule has 0 bridgehead atoms. The number of anilines is 2. The van der Waals surface area contributed by atoms with Crippen LogP contribution in [0, 0.1) is 0 Å². The molecule has 1 fully saturated rings. The number of likely N-dealkylation sites (tertiary alicyclic amines) is 1. The lowest BCUT2D eigenvalue weighted by molar-refractivity contribution is -0.137. The van der Waals surface area contributed by atoms with E-state index in [-0.39, 0.29) is 22.5 Å². The Morgan fingerprint density at radius 1 is 1.24 bits per heavy atom. The minimum Gasteiger partial charge on any atom is -0.342 e. The summed E-state index contributed by atoms with van der Waals surface area (Å²) in [7, 11) is 0. The molecule has 0 spiro atoms. The smallest absolute Gasteiger partial charge is 0.342 e. The summed E-state index contributed by atoms with van der Waals surface area (Å²) >= 11 is 2.37. The number of halogens is 3. The van der Waals surface area contributed by atoms with Gasteiger partial charge in [0.15, 0.2) is 4.34 Å². The van der Waals surface area contributed by atoms with Crippen LogP contribution in [0.1, 0.15) is 18.4 Å². The molecule has 1 saturated heterocycles. The normalized spacial score (nSPS) is 14.8. The molecular weight excluding hydrogens is 373 g/mol. The van der Waals surface area contributed by atoms with E-state index >= 15 is 0 Å². The Balaban J connectivity index is 1.61. The van der Waals surface area contributed by atoms with Crippen LogP contribution in [0.3, 0.4) is 0 Å². The van der Waals surface area contributed by atoms with E-state index in [9.17, 15) is 18.0 Å². The van der Waals surface area contributed by atoms with E-state index in [1.165, 1.54) is 30.0 Å². The lowest BCUT2D eigenvalue weighted by Gasteiger charge is -2.13. The number of alkyl halides is 3. The van der Waals surface area contributed by atoms with Crippen LogP contribution in [0.4, 0.5) is 24.0 Å². The maximum absolute atomic E-state index is 13.0. The monoisotopic (exact) mass is 388 g/mol. The first kappa shape index (κ1) is 18.0. The fraction of sp³-hybridized carbons (Fsp3) is 0.400. The van der Waals surface area contributed by atoms with Crippen molar-refractivity contribution < 1.29 is 18.0 Å². The van der Waals surface area contributed by atoms with E-state index in [1.807, 2.05) is 4.90 Å². The molecule has 0 aliphatic carbocycles. The van der Waals surface area contributed by atoms with Gasteiger partial charge in [-0.05, 0) is 25.0 Å². The van der Waals surface area contributed by atoms with Crippen molar-refractivity contribution >= 4 is 39.8 Å². The van der Waals surface area contributed by atoms with Crippen molar-refractivity contribution in [3.63, 3.8) is 0 Å². The third-order valence-corrected chi connectivity index (χ3v) is 5.62. The van der Waals surface area contributed by atoms with Gasteiger partial charge in [0.05, 0.1) is 17.0 Å². The number of hydrogen-bond donors (Lipinski definition) is 1. The van der Waals surface area contributed by atoms with E-state index in [2.05, 4.69) is 15.5 Å². The van der Waals surface area contributed by atoms with Crippen molar-refractivity contribution in [3.05, 3.63) is 29.8 Å². The first-order valence-corrected chi connectivity index (χ1v) is 9.41. The number of benzene rings is 1. The van der Waals surface area contributed by atoms with Crippen LogP contribution in [0.5, 0.6) is 0 Å². The van der Waals surface area contributed by atoms with Gasteiger partial charge in [-0.3, -0.25) is 4.79 Å². The molecule has 134 valence electrons. The summed E-state index contributed by atoms with van der Waals surface area (Å²) in [5.74, 6) is 0.308. The predicted molar refractivity (Wildman–Crippen MR) is 91.2 cm³/mol. The number of nitrogens with one attached hydrogen (secondary N) is 1. The van der Waals surface area contributed by atoms with Gasteiger partial charge < -0.3 is 10.2 Å². The zero-order chi connectivity index (χ0) is 17.9. The van der Waals surface area contributed by atoms with Crippen molar-refractivity contribution in [2.24, 2.45) is 0 Å². The molecule has 0 atom stereocenters. The van der Waals surface area contributed by atoms with Gasteiger partial charge in [-0.15, -0.1) is 10.2 Å². The Bertz CT molecular complexity index is 744. The van der Waals surface area contributed by atoms with Crippen LogP contribution in [0.25, 0.3) is 0 Å². The second kappa shape index (κ2) is 7.61.